The largest absolute Gasteiger partial charge is 0.393 e. The first-order chi connectivity index (χ1) is 9.13. The maximum Gasteiger partial charge on any atom is 0.258 e. The number of thiazole rings is 1. The summed E-state index contributed by atoms with van der Waals surface area (Å²) in [5, 5.41) is 11.5. The van der Waals surface area contributed by atoms with Gasteiger partial charge in [0.05, 0.1) is 11.8 Å². The van der Waals surface area contributed by atoms with E-state index in [1.807, 2.05) is 12.3 Å². The van der Waals surface area contributed by atoms with Crippen molar-refractivity contribution in [3.8, 4) is 0 Å². The quantitative estimate of drug-likeness (QED) is 0.909. The maximum atomic E-state index is 11.9. The molecule has 0 radical (unpaired) electrons. The number of hydrogen-bond donors (Lipinski definition) is 1. The Hall–Kier alpha value is -1.24. The van der Waals surface area contributed by atoms with E-state index in [4.69, 9.17) is 0 Å². The van der Waals surface area contributed by atoms with Gasteiger partial charge in [-0.15, -0.1) is 11.3 Å². The Morgan fingerprint density at radius 3 is 3.21 bits per heavy atom. The van der Waals surface area contributed by atoms with Crippen molar-refractivity contribution in [2.45, 2.75) is 26.0 Å². The molecule has 0 saturated carbocycles. The molecule has 2 aromatic rings. The predicted molar refractivity (Wildman–Crippen MR) is 74.4 cm³/mol. The van der Waals surface area contributed by atoms with Crippen molar-refractivity contribution in [2.75, 3.05) is 13.1 Å². The molecule has 1 fully saturated rings. The first-order valence-electron chi connectivity index (χ1n) is 6.49. The summed E-state index contributed by atoms with van der Waals surface area (Å²) in [7, 11) is 0. The minimum atomic E-state index is -0.261. The van der Waals surface area contributed by atoms with Gasteiger partial charge in [0.15, 0.2) is 4.96 Å². The predicted octanol–water partition coefficient (Wildman–Crippen LogP) is 0.959. The highest BCUT2D eigenvalue weighted by atomic mass is 32.1. The minimum Gasteiger partial charge on any atom is -0.393 e. The van der Waals surface area contributed by atoms with E-state index in [-0.39, 0.29) is 11.7 Å². The van der Waals surface area contributed by atoms with Gasteiger partial charge in [0.25, 0.3) is 5.56 Å². The molecule has 1 aliphatic heterocycles. The second kappa shape index (κ2) is 5.03. The normalized spacial score (nSPS) is 22.1. The van der Waals surface area contributed by atoms with Crippen LogP contribution < -0.4 is 5.56 Å². The van der Waals surface area contributed by atoms with E-state index in [0.717, 1.165) is 30.2 Å². The average Bonchev–Trinajstić information content (AvgIpc) is 2.97. The Bertz CT molecular complexity index is 634. The molecular weight excluding hydrogens is 262 g/mol. The lowest BCUT2D eigenvalue weighted by atomic mass is 10.0. The molecule has 0 aromatic carbocycles. The van der Waals surface area contributed by atoms with E-state index in [9.17, 15) is 9.90 Å². The highest BCUT2D eigenvalue weighted by Crippen LogP contribution is 2.21. The van der Waals surface area contributed by atoms with Crippen molar-refractivity contribution in [3.05, 3.63) is 33.7 Å². The van der Waals surface area contributed by atoms with Gasteiger partial charge in [-0.3, -0.25) is 14.1 Å². The number of aromatic nitrogens is 2. The highest BCUT2D eigenvalue weighted by molar-refractivity contribution is 7.15. The van der Waals surface area contributed by atoms with Crippen LogP contribution in [0.3, 0.4) is 0 Å². The maximum absolute atomic E-state index is 11.9. The summed E-state index contributed by atoms with van der Waals surface area (Å²) in [6, 6.07) is 1.61. The lowest BCUT2D eigenvalue weighted by molar-refractivity contribution is 0.127. The summed E-state index contributed by atoms with van der Waals surface area (Å²) in [5.41, 5.74) is 0.797. The van der Waals surface area contributed by atoms with E-state index >= 15 is 0 Å². The fourth-order valence-corrected chi connectivity index (χ4v) is 3.34. The van der Waals surface area contributed by atoms with Crippen LogP contribution in [-0.4, -0.2) is 38.6 Å². The van der Waals surface area contributed by atoms with Crippen LogP contribution in [0.1, 0.15) is 19.0 Å². The van der Waals surface area contributed by atoms with Crippen LogP contribution in [-0.2, 0) is 6.54 Å². The van der Waals surface area contributed by atoms with E-state index in [1.165, 1.54) is 11.3 Å². The van der Waals surface area contributed by atoms with Gasteiger partial charge in [-0.1, -0.05) is 0 Å². The SMILES string of the molecule is CC(O)C1CCN(Cc2cc(=O)n3ccsc3n2)C1. The second-order valence-electron chi connectivity index (χ2n) is 5.17. The van der Waals surface area contributed by atoms with Gasteiger partial charge < -0.3 is 5.11 Å². The molecule has 0 amide bonds. The number of likely N-dealkylation sites (tertiary alicyclic amines) is 1. The zero-order valence-electron chi connectivity index (χ0n) is 10.8. The van der Waals surface area contributed by atoms with Crippen LogP contribution in [0.25, 0.3) is 4.96 Å². The van der Waals surface area contributed by atoms with Crippen LogP contribution in [0.4, 0.5) is 0 Å². The van der Waals surface area contributed by atoms with E-state index < -0.39 is 0 Å². The number of aliphatic hydroxyl groups excluding tert-OH is 1. The van der Waals surface area contributed by atoms with Gasteiger partial charge in [-0.05, 0) is 25.8 Å². The van der Waals surface area contributed by atoms with Crippen molar-refractivity contribution in [1.29, 1.82) is 0 Å². The van der Waals surface area contributed by atoms with Crippen LogP contribution in [0.5, 0.6) is 0 Å². The molecule has 3 heterocycles. The van der Waals surface area contributed by atoms with Gasteiger partial charge in [-0.2, -0.15) is 0 Å². The molecule has 2 unspecified atom stereocenters. The molecule has 1 aliphatic rings. The van der Waals surface area contributed by atoms with Crippen LogP contribution in [0.15, 0.2) is 22.4 Å². The fourth-order valence-electron chi connectivity index (χ4n) is 2.60. The molecule has 5 nitrogen and oxygen atoms in total. The van der Waals surface area contributed by atoms with Crippen LogP contribution in [0.2, 0.25) is 0 Å². The first-order valence-corrected chi connectivity index (χ1v) is 7.37. The van der Waals surface area contributed by atoms with Gasteiger partial charge in [-0.25, -0.2) is 4.98 Å². The standard InChI is InChI=1S/C13H17N3O2S/c1-9(17)10-2-3-15(7-10)8-11-6-12(18)16-4-5-19-13(16)14-11/h4-6,9-10,17H,2-3,7-8H2,1H3. The molecular formula is C13H17N3O2S. The van der Waals surface area contributed by atoms with E-state index in [0.29, 0.717) is 12.5 Å². The van der Waals surface area contributed by atoms with Crippen molar-refractivity contribution in [1.82, 2.24) is 14.3 Å². The molecule has 2 atom stereocenters. The Kier molecular flexibility index (Phi) is 3.38. The average molecular weight is 279 g/mol. The van der Waals surface area contributed by atoms with Crippen molar-refractivity contribution in [2.24, 2.45) is 5.92 Å². The molecule has 102 valence electrons. The summed E-state index contributed by atoms with van der Waals surface area (Å²) >= 11 is 1.47. The number of hydrogen-bond acceptors (Lipinski definition) is 5. The minimum absolute atomic E-state index is 0.0208. The summed E-state index contributed by atoms with van der Waals surface area (Å²) in [4.78, 5) is 19.4. The molecule has 1 N–H and O–H groups in total. The third kappa shape index (κ3) is 2.56. The Labute approximate surface area is 115 Å². The second-order valence-corrected chi connectivity index (χ2v) is 6.04. The first kappa shape index (κ1) is 12.8. The van der Waals surface area contributed by atoms with Crippen molar-refractivity contribution >= 4 is 16.3 Å². The Morgan fingerprint density at radius 1 is 1.63 bits per heavy atom. The third-order valence-corrected chi connectivity index (χ3v) is 4.49. The van der Waals surface area contributed by atoms with Crippen LogP contribution >= 0.6 is 11.3 Å². The highest BCUT2D eigenvalue weighted by Gasteiger charge is 2.26. The van der Waals surface area contributed by atoms with Gasteiger partial charge in [0.2, 0.25) is 0 Å². The molecule has 19 heavy (non-hydrogen) atoms. The fraction of sp³-hybridized carbons (Fsp3) is 0.538. The van der Waals surface area contributed by atoms with E-state index in [2.05, 4.69) is 9.88 Å². The summed E-state index contributed by atoms with van der Waals surface area (Å²) in [6.07, 6.45) is 2.50. The molecule has 0 spiro atoms. The number of rotatable bonds is 3. The zero-order chi connectivity index (χ0) is 13.4. The van der Waals surface area contributed by atoms with E-state index in [1.54, 1.807) is 16.7 Å². The van der Waals surface area contributed by atoms with Gasteiger partial charge in [0.1, 0.15) is 0 Å². The van der Waals surface area contributed by atoms with Gasteiger partial charge >= 0.3 is 0 Å². The van der Waals surface area contributed by atoms with Gasteiger partial charge in [0, 0.05) is 30.7 Å². The lowest BCUT2D eigenvalue weighted by Gasteiger charge is -2.16. The number of fused-ring (bicyclic) bond motifs is 1. The molecule has 0 aliphatic carbocycles. The number of aliphatic hydroxyl groups is 1. The topological polar surface area (TPSA) is 57.8 Å². The Morgan fingerprint density at radius 2 is 2.47 bits per heavy atom. The van der Waals surface area contributed by atoms with Crippen LogP contribution in [0, 0.1) is 5.92 Å². The third-order valence-electron chi connectivity index (χ3n) is 3.73. The summed E-state index contributed by atoms with van der Waals surface area (Å²) < 4.78 is 1.57. The zero-order valence-corrected chi connectivity index (χ0v) is 11.6. The summed E-state index contributed by atoms with van der Waals surface area (Å²) in [5.74, 6) is 0.339. The molecule has 2 aromatic heterocycles. The Balaban J connectivity index is 1.77. The molecule has 1 saturated heterocycles. The molecule has 0 bridgehead atoms. The van der Waals surface area contributed by atoms with Crippen molar-refractivity contribution < 1.29 is 5.11 Å². The molecule has 3 rings (SSSR count). The summed E-state index contributed by atoms with van der Waals surface area (Å²) in [6.45, 7) is 4.37. The number of nitrogens with zero attached hydrogens (tertiary/aromatic N) is 3. The lowest BCUT2D eigenvalue weighted by Crippen LogP contribution is -2.25. The van der Waals surface area contributed by atoms with Crippen molar-refractivity contribution in [3.63, 3.8) is 0 Å². The smallest absolute Gasteiger partial charge is 0.258 e. The molecule has 6 heteroatoms. The monoisotopic (exact) mass is 279 g/mol.